The van der Waals surface area contributed by atoms with Gasteiger partial charge in [-0.2, -0.15) is 5.26 Å². The average Bonchev–Trinajstić information content (AvgIpc) is 2.52. The molecule has 0 radical (unpaired) electrons. The van der Waals surface area contributed by atoms with Gasteiger partial charge in [0.2, 0.25) is 0 Å². The summed E-state index contributed by atoms with van der Waals surface area (Å²) in [5, 5.41) is 23.9. The van der Waals surface area contributed by atoms with Crippen molar-refractivity contribution >= 4 is 11.7 Å². The molecule has 1 rings (SSSR count). The topological polar surface area (TPSA) is 85.2 Å². The number of rotatable bonds is 7. The van der Waals surface area contributed by atoms with Gasteiger partial charge >= 0.3 is 6.03 Å². The highest BCUT2D eigenvalue weighted by Gasteiger charge is 2.19. The van der Waals surface area contributed by atoms with Crippen LogP contribution in [0.1, 0.15) is 46.1 Å². The highest BCUT2D eigenvalue weighted by Crippen LogP contribution is 2.23. The van der Waals surface area contributed by atoms with Gasteiger partial charge in [-0.05, 0) is 49.8 Å². The van der Waals surface area contributed by atoms with E-state index in [2.05, 4.69) is 16.7 Å². The predicted octanol–water partition coefficient (Wildman–Crippen LogP) is 3.41. The molecule has 1 aromatic carbocycles. The fraction of sp³-hybridized carbons (Fsp3) is 0.556. The first-order chi connectivity index (χ1) is 10.7. The van der Waals surface area contributed by atoms with Crippen LogP contribution in [0.2, 0.25) is 0 Å². The van der Waals surface area contributed by atoms with Crippen molar-refractivity contribution in [2.45, 2.75) is 46.0 Å². The predicted molar refractivity (Wildman–Crippen MR) is 92.2 cm³/mol. The molecule has 23 heavy (non-hydrogen) atoms. The van der Waals surface area contributed by atoms with Crippen molar-refractivity contribution < 1.29 is 9.90 Å². The lowest BCUT2D eigenvalue weighted by Crippen LogP contribution is -2.30. The molecule has 0 fully saturated rings. The van der Waals surface area contributed by atoms with E-state index in [4.69, 9.17) is 5.26 Å². The molecule has 2 amide bonds. The van der Waals surface area contributed by atoms with E-state index >= 15 is 0 Å². The Balaban J connectivity index is 2.42. The van der Waals surface area contributed by atoms with E-state index in [1.165, 1.54) is 0 Å². The molecule has 0 saturated carbocycles. The number of anilines is 1. The van der Waals surface area contributed by atoms with Crippen LogP contribution in [0.15, 0.2) is 24.3 Å². The lowest BCUT2D eigenvalue weighted by atomic mass is 9.86. The van der Waals surface area contributed by atoms with Crippen molar-refractivity contribution in [2.75, 3.05) is 18.5 Å². The molecule has 5 nitrogen and oxygen atoms in total. The average molecular weight is 317 g/mol. The van der Waals surface area contributed by atoms with Crippen LogP contribution in [0, 0.1) is 16.7 Å². The molecule has 0 heterocycles. The first-order valence-electron chi connectivity index (χ1n) is 7.88. The van der Waals surface area contributed by atoms with Gasteiger partial charge in [-0.25, -0.2) is 4.79 Å². The smallest absolute Gasteiger partial charge is 0.319 e. The summed E-state index contributed by atoms with van der Waals surface area (Å²) in [4.78, 5) is 11.8. The van der Waals surface area contributed by atoms with Crippen LogP contribution in [0.25, 0.3) is 0 Å². The lowest BCUT2D eigenvalue weighted by molar-refractivity contribution is 0.148. The summed E-state index contributed by atoms with van der Waals surface area (Å²) in [5.74, 6) is 0. The third-order valence-corrected chi connectivity index (χ3v) is 3.89. The van der Waals surface area contributed by atoms with Crippen LogP contribution in [0.3, 0.4) is 0 Å². The number of amides is 2. The van der Waals surface area contributed by atoms with Gasteiger partial charge in [0.15, 0.2) is 0 Å². The van der Waals surface area contributed by atoms with Gasteiger partial charge in [0.05, 0.1) is 11.5 Å². The Morgan fingerprint density at radius 3 is 2.35 bits per heavy atom. The van der Waals surface area contributed by atoms with Gasteiger partial charge in [0.1, 0.15) is 0 Å². The molecule has 0 spiro atoms. The van der Waals surface area contributed by atoms with Crippen LogP contribution < -0.4 is 10.6 Å². The van der Waals surface area contributed by atoms with E-state index in [0.717, 1.165) is 18.4 Å². The summed E-state index contributed by atoms with van der Waals surface area (Å²) >= 11 is 0. The number of nitrogens with one attached hydrogen (secondary N) is 2. The van der Waals surface area contributed by atoms with Crippen molar-refractivity contribution in [3.8, 4) is 6.07 Å². The zero-order chi connectivity index (χ0) is 17.5. The number of carbonyl (C=O) groups excluding carboxylic acids is 1. The summed E-state index contributed by atoms with van der Waals surface area (Å²) < 4.78 is 0. The molecule has 0 aromatic heterocycles. The first-order valence-corrected chi connectivity index (χ1v) is 7.88. The number of hydrogen-bond donors (Lipinski definition) is 3. The summed E-state index contributed by atoms with van der Waals surface area (Å²) in [7, 11) is 0. The minimum atomic E-state index is -0.541. The first kappa shape index (κ1) is 19.0. The SMILES string of the molecule is CC(C)(CO)CCCNC(=O)Nc1ccc(C(C)(C)C#N)cc1. The zero-order valence-electron chi connectivity index (χ0n) is 14.4. The van der Waals surface area contributed by atoms with Crippen molar-refractivity contribution in [3.05, 3.63) is 29.8 Å². The van der Waals surface area contributed by atoms with Gasteiger partial charge in [-0.3, -0.25) is 0 Å². The zero-order valence-corrected chi connectivity index (χ0v) is 14.4. The Kier molecular flexibility index (Phi) is 6.59. The van der Waals surface area contributed by atoms with E-state index in [9.17, 15) is 9.90 Å². The molecule has 3 N–H and O–H groups in total. The molecule has 0 aliphatic carbocycles. The van der Waals surface area contributed by atoms with Crippen LogP contribution >= 0.6 is 0 Å². The van der Waals surface area contributed by atoms with E-state index in [-0.39, 0.29) is 18.1 Å². The van der Waals surface area contributed by atoms with Gasteiger partial charge < -0.3 is 15.7 Å². The second-order valence-electron chi connectivity index (χ2n) is 7.12. The number of nitriles is 1. The molecule has 1 aromatic rings. The Morgan fingerprint density at radius 1 is 1.22 bits per heavy atom. The number of nitrogens with zero attached hydrogens (tertiary/aromatic N) is 1. The van der Waals surface area contributed by atoms with E-state index in [0.29, 0.717) is 12.2 Å². The number of urea groups is 1. The molecule has 0 bridgehead atoms. The molecule has 0 atom stereocenters. The largest absolute Gasteiger partial charge is 0.396 e. The normalized spacial score (nSPS) is 11.7. The third-order valence-electron chi connectivity index (χ3n) is 3.89. The fourth-order valence-electron chi connectivity index (χ4n) is 2.06. The maximum absolute atomic E-state index is 11.8. The van der Waals surface area contributed by atoms with Crippen LogP contribution in [-0.2, 0) is 5.41 Å². The standard InChI is InChI=1S/C18H27N3O2/c1-17(2,13-22)10-5-11-20-16(23)21-15-8-6-14(7-9-15)18(3,4)12-19/h6-9,22H,5,10-11,13H2,1-4H3,(H2,20,21,23). The Morgan fingerprint density at radius 2 is 1.83 bits per heavy atom. The summed E-state index contributed by atoms with van der Waals surface area (Å²) in [6.07, 6.45) is 1.66. The van der Waals surface area contributed by atoms with Gasteiger partial charge in [0, 0.05) is 18.8 Å². The molecule has 0 aliphatic heterocycles. The molecule has 0 saturated heterocycles. The van der Waals surface area contributed by atoms with Crippen LogP contribution in [0.5, 0.6) is 0 Å². The summed E-state index contributed by atoms with van der Waals surface area (Å²) in [6, 6.07) is 9.29. The maximum atomic E-state index is 11.8. The third kappa shape index (κ3) is 6.29. The van der Waals surface area contributed by atoms with Gasteiger partial charge in [-0.15, -0.1) is 0 Å². The number of benzene rings is 1. The van der Waals surface area contributed by atoms with Crippen molar-refractivity contribution in [1.82, 2.24) is 5.32 Å². The van der Waals surface area contributed by atoms with Gasteiger partial charge in [0.25, 0.3) is 0 Å². The maximum Gasteiger partial charge on any atom is 0.319 e. The van der Waals surface area contributed by atoms with Crippen LogP contribution in [0.4, 0.5) is 10.5 Å². The highest BCUT2D eigenvalue weighted by molar-refractivity contribution is 5.89. The number of aliphatic hydroxyl groups excluding tert-OH is 1. The molecular weight excluding hydrogens is 290 g/mol. The lowest BCUT2D eigenvalue weighted by Gasteiger charge is -2.21. The fourth-order valence-corrected chi connectivity index (χ4v) is 2.06. The minimum absolute atomic E-state index is 0.110. The Labute approximate surface area is 138 Å². The molecule has 0 unspecified atom stereocenters. The minimum Gasteiger partial charge on any atom is -0.396 e. The molecule has 5 heteroatoms. The second kappa shape index (κ2) is 7.98. The summed E-state index contributed by atoms with van der Waals surface area (Å²) in [6.45, 7) is 8.42. The quantitative estimate of drug-likeness (QED) is 0.674. The Hall–Kier alpha value is -2.06. The molecular formula is C18H27N3O2. The number of hydrogen-bond acceptors (Lipinski definition) is 3. The molecule has 126 valence electrons. The number of aliphatic hydroxyl groups is 1. The second-order valence-corrected chi connectivity index (χ2v) is 7.12. The van der Waals surface area contributed by atoms with E-state index in [1.807, 2.05) is 39.8 Å². The van der Waals surface area contributed by atoms with Crippen LogP contribution in [-0.4, -0.2) is 24.3 Å². The van der Waals surface area contributed by atoms with Crippen molar-refractivity contribution in [1.29, 1.82) is 5.26 Å². The van der Waals surface area contributed by atoms with Crippen molar-refractivity contribution in [2.24, 2.45) is 5.41 Å². The van der Waals surface area contributed by atoms with E-state index in [1.54, 1.807) is 12.1 Å². The number of carbonyl (C=O) groups is 1. The summed E-state index contributed by atoms with van der Waals surface area (Å²) in [5.41, 5.74) is 0.954. The van der Waals surface area contributed by atoms with Gasteiger partial charge in [-0.1, -0.05) is 26.0 Å². The highest BCUT2D eigenvalue weighted by atomic mass is 16.3. The van der Waals surface area contributed by atoms with Crippen molar-refractivity contribution in [3.63, 3.8) is 0 Å². The monoisotopic (exact) mass is 317 g/mol. The Bertz CT molecular complexity index is 557. The van der Waals surface area contributed by atoms with E-state index < -0.39 is 5.41 Å². The molecule has 0 aliphatic rings.